The highest BCUT2D eigenvalue weighted by atomic mass is 32.2. The zero-order valence-corrected chi connectivity index (χ0v) is 9.96. The molecule has 0 heterocycles. The predicted octanol–water partition coefficient (Wildman–Crippen LogP) is -1.83. The number of likely N-dealkylation sites (N-methyl/N-ethyl adjacent to an activating group) is 1. The second-order valence-corrected chi connectivity index (χ2v) is 5.93. The van der Waals surface area contributed by atoms with Crippen LogP contribution in [0.4, 0.5) is 0 Å². The van der Waals surface area contributed by atoms with E-state index in [9.17, 15) is 13.2 Å². The van der Waals surface area contributed by atoms with Crippen molar-refractivity contribution in [2.45, 2.75) is 12.5 Å². The molecule has 0 saturated heterocycles. The van der Waals surface area contributed by atoms with Crippen LogP contribution < -0.4 is 11.5 Å². The zero-order valence-electron chi connectivity index (χ0n) is 9.14. The lowest BCUT2D eigenvalue weighted by atomic mass is 10.2. The molecule has 0 rings (SSSR count). The number of rotatable bonds is 7. The molecule has 4 N–H and O–H groups in total. The molecule has 1 atom stereocenters. The number of hydrogen-bond donors (Lipinski definition) is 2. The molecule has 0 aliphatic heterocycles. The summed E-state index contributed by atoms with van der Waals surface area (Å²) in [4.78, 5) is 12.4. The Morgan fingerprint density at radius 1 is 1.47 bits per heavy atom. The van der Waals surface area contributed by atoms with E-state index in [1.165, 1.54) is 6.26 Å². The molecule has 15 heavy (non-hydrogen) atoms. The first-order valence-electron chi connectivity index (χ1n) is 4.62. The van der Waals surface area contributed by atoms with Gasteiger partial charge in [0.25, 0.3) is 0 Å². The van der Waals surface area contributed by atoms with Gasteiger partial charge in [0.1, 0.15) is 9.84 Å². The second kappa shape index (κ2) is 6.04. The number of hydrogen-bond acceptors (Lipinski definition) is 5. The van der Waals surface area contributed by atoms with Crippen molar-refractivity contribution in [1.29, 1.82) is 0 Å². The topological polar surface area (TPSA) is 106 Å². The summed E-state index contributed by atoms with van der Waals surface area (Å²) < 4.78 is 21.8. The van der Waals surface area contributed by atoms with Crippen molar-refractivity contribution >= 4 is 15.7 Å². The molecule has 0 aliphatic rings. The summed E-state index contributed by atoms with van der Waals surface area (Å²) in [6, 6.07) is -0.191. The number of nitrogens with zero attached hydrogens (tertiary/aromatic N) is 1. The van der Waals surface area contributed by atoms with Gasteiger partial charge in [0.15, 0.2) is 0 Å². The number of nitrogens with two attached hydrogens (primary N) is 2. The van der Waals surface area contributed by atoms with Crippen LogP contribution in [0.3, 0.4) is 0 Å². The molecule has 0 aromatic heterocycles. The summed E-state index contributed by atoms with van der Waals surface area (Å²) in [6.07, 6.45) is 1.32. The highest BCUT2D eigenvalue weighted by Crippen LogP contribution is 2.00. The first-order chi connectivity index (χ1) is 6.76. The average Bonchev–Trinajstić information content (AvgIpc) is 2.08. The summed E-state index contributed by atoms with van der Waals surface area (Å²) in [5, 5.41) is 0. The molecule has 0 aromatic rings. The Balaban J connectivity index is 4.15. The van der Waals surface area contributed by atoms with Gasteiger partial charge in [0.05, 0.1) is 5.75 Å². The van der Waals surface area contributed by atoms with E-state index in [4.69, 9.17) is 11.5 Å². The first-order valence-corrected chi connectivity index (χ1v) is 6.68. The molecule has 0 aliphatic carbocycles. The maximum atomic E-state index is 10.9. The van der Waals surface area contributed by atoms with E-state index in [1.54, 1.807) is 11.9 Å². The lowest BCUT2D eigenvalue weighted by molar-refractivity contribution is -0.119. The lowest BCUT2D eigenvalue weighted by Gasteiger charge is -2.25. The Hall–Kier alpha value is -0.660. The molecule has 1 amide bonds. The first kappa shape index (κ1) is 14.3. The fourth-order valence-electron chi connectivity index (χ4n) is 1.14. The quantitative estimate of drug-likeness (QED) is 0.541. The number of sulfone groups is 1. The van der Waals surface area contributed by atoms with Gasteiger partial charge in [-0.3, -0.25) is 4.79 Å². The third kappa shape index (κ3) is 7.29. The highest BCUT2D eigenvalue weighted by molar-refractivity contribution is 7.90. The van der Waals surface area contributed by atoms with Crippen LogP contribution in [0.15, 0.2) is 0 Å². The average molecular weight is 237 g/mol. The second-order valence-electron chi connectivity index (χ2n) is 3.67. The number of carbonyl (C=O) groups is 1. The molecular weight excluding hydrogens is 218 g/mol. The third-order valence-electron chi connectivity index (χ3n) is 2.15. The number of primary amides is 1. The molecular formula is C8H19N3O3S. The van der Waals surface area contributed by atoms with Crippen LogP contribution >= 0.6 is 0 Å². The van der Waals surface area contributed by atoms with Crippen LogP contribution in [-0.4, -0.2) is 57.4 Å². The van der Waals surface area contributed by atoms with Crippen molar-refractivity contribution in [1.82, 2.24) is 4.90 Å². The van der Waals surface area contributed by atoms with Crippen LogP contribution in [0.2, 0.25) is 0 Å². The van der Waals surface area contributed by atoms with E-state index in [2.05, 4.69) is 0 Å². The molecule has 0 spiro atoms. The van der Waals surface area contributed by atoms with Crippen LogP contribution in [0.1, 0.15) is 6.42 Å². The smallest absolute Gasteiger partial charge is 0.219 e. The maximum absolute atomic E-state index is 10.9. The van der Waals surface area contributed by atoms with Crippen LogP contribution in [0.5, 0.6) is 0 Å². The SMILES string of the molecule is CN(CCS(C)(=O)=O)C(CN)CC(N)=O. The Labute approximate surface area is 90.5 Å². The summed E-state index contributed by atoms with van der Waals surface area (Å²) in [5.74, 6) is -0.379. The number of carbonyl (C=O) groups excluding carboxylic acids is 1. The predicted molar refractivity (Wildman–Crippen MR) is 59.0 cm³/mol. The van der Waals surface area contributed by atoms with Gasteiger partial charge in [-0.05, 0) is 7.05 Å². The minimum absolute atomic E-state index is 0.0543. The van der Waals surface area contributed by atoms with Gasteiger partial charge in [-0.2, -0.15) is 0 Å². The van der Waals surface area contributed by atoms with Crippen LogP contribution in [-0.2, 0) is 14.6 Å². The molecule has 0 saturated carbocycles. The summed E-state index contributed by atoms with van der Waals surface area (Å²) in [5.41, 5.74) is 10.5. The van der Waals surface area contributed by atoms with Crippen molar-refractivity contribution in [2.75, 3.05) is 32.1 Å². The van der Waals surface area contributed by atoms with E-state index < -0.39 is 15.7 Å². The third-order valence-corrected chi connectivity index (χ3v) is 3.07. The van der Waals surface area contributed by atoms with Crippen molar-refractivity contribution < 1.29 is 13.2 Å². The zero-order chi connectivity index (χ0) is 12.1. The van der Waals surface area contributed by atoms with Gasteiger partial charge in [-0.15, -0.1) is 0 Å². The van der Waals surface area contributed by atoms with Crippen LogP contribution in [0.25, 0.3) is 0 Å². The van der Waals surface area contributed by atoms with E-state index in [0.29, 0.717) is 6.54 Å². The van der Waals surface area contributed by atoms with Crippen molar-refractivity contribution in [3.05, 3.63) is 0 Å². The highest BCUT2D eigenvalue weighted by Gasteiger charge is 2.16. The van der Waals surface area contributed by atoms with Crippen molar-refractivity contribution in [2.24, 2.45) is 11.5 Å². The van der Waals surface area contributed by atoms with Crippen molar-refractivity contribution in [3.8, 4) is 0 Å². The minimum atomic E-state index is -2.99. The summed E-state index contributed by atoms with van der Waals surface area (Å²) >= 11 is 0. The standard InChI is InChI=1S/C8H19N3O3S/c1-11(3-4-15(2,13)14)7(6-9)5-8(10)12/h7H,3-6,9H2,1-2H3,(H2,10,12). The van der Waals surface area contributed by atoms with Gasteiger partial charge in [-0.1, -0.05) is 0 Å². The normalized spacial score (nSPS) is 14.1. The van der Waals surface area contributed by atoms with Gasteiger partial charge in [0.2, 0.25) is 5.91 Å². The molecule has 90 valence electrons. The van der Waals surface area contributed by atoms with E-state index >= 15 is 0 Å². The summed E-state index contributed by atoms with van der Waals surface area (Å²) in [6.45, 7) is 0.636. The maximum Gasteiger partial charge on any atom is 0.219 e. The molecule has 7 heteroatoms. The molecule has 6 nitrogen and oxygen atoms in total. The van der Waals surface area contributed by atoms with Gasteiger partial charge < -0.3 is 16.4 Å². The Morgan fingerprint density at radius 3 is 2.33 bits per heavy atom. The molecule has 0 bridgehead atoms. The molecule has 0 radical (unpaired) electrons. The van der Waals surface area contributed by atoms with E-state index in [0.717, 1.165) is 0 Å². The monoisotopic (exact) mass is 237 g/mol. The fraction of sp³-hybridized carbons (Fsp3) is 0.875. The van der Waals surface area contributed by atoms with Gasteiger partial charge >= 0.3 is 0 Å². The Morgan fingerprint density at radius 2 is 2.00 bits per heavy atom. The van der Waals surface area contributed by atoms with Crippen LogP contribution in [0, 0.1) is 0 Å². The molecule has 0 fully saturated rings. The largest absolute Gasteiger partial charge is 0.370 e. The van der Waals surface area contributed by atoms with Gasteiger partial charge in [-0.25, -0.2) is 8.42 Å². The minimum Gasteiger partial charge on any atom is -0.370 e. The fourth-order valence-corrected chi connectivity index (χ4v) is 1.76. The Bertz CT molecular complexity index is 302. The molecule has 1 unspecified atom stereocenters. The summed E-state index contributed by atoms with van der Waals surface area (Å²) in [7, 11) is -1.26. The van der Waals surface area contributed by atoms with Gasteiger partial charge in [0, 0.05) is 31.8 Å². The van der Waals surface area contributed by atoms with E-state index in [1.807, 2.05) is 0 Å². The lowest BCUT2D eigenvalue weighted by Crippen LogP contribution is -2.42. The number of amides is 1. The van der Waals surface area contributed by atoms with Crippen molar-refractivity contribution in [3.63, 3.8) is 0 Å². The van der Waals surface area contributed by atoms with E-state index in [-0.39, 0.29) is 24.8 Å². The molecule has 0 aromatic carbocycles. The Kier molecular flexibility index (Phi) is 5.77.